The van der Waals surface area contributed by atoms with Gasteiger partial charge < -0.3 is 5.32 Å². The van der Waals surface area contributed by atoms with Crippen molar-refractivity contribution >= 4 is 27.5 Å². The van der Waals surface area contributed by atoms with Gasteiger partial charge in [0.15, 0.2) is 0 Å². The molecule has 0 radical (unpaired) electrons. The number of nitrogens with one attached hydrogen (secondary N) is 1. The van der Waals surface area contributed by atoms with Crippen LogP contribution >= 0.6 is 15.9 Å². The van der Waals surface area contributed by atoms with Crippen LogP contribution in [-0.2, 0) is 6.18 Å². The fraction of sp³-hybridized carbons (Fsp3) is 0.133. The molecule has 0 atom stereocenters. The van der Waals surface area contributed by atoms with E-state index in [1.165, 1.54) is 12.1 Å². The van der Waals surface area contributed by atoms with E-state index in [1.807, 2.05) is 0 Å². The smallest absolute Gasteiger partial charge is 0.322 e. The van der Waals surface area contributed by atoms with Crippen LogP contribution in [0, 0.1) is 6.92 Å². The van der Waals surface area contributed by atoms with Gasteiger partial charge in [-0.05, 0) is 42.8 Å². The average molecular weight is 358 g/mol. The minimum Gasteiger partial charge on any atom is -0.322 e. The molecule has 0 heterocycles. The van der Waals surface area contributed by atoms with Crippen molar-refractivity contribution in [1.29, 1.82) is 0 Å². The third-order valence-corrected chi connectivity index (χ3v) is 3.82. The van der Waals surface area contributed by atoms with Crippen molar-refractivity contribution in [3.05, 3.63) is 63.6 Å². The highest BCUT2D eigenvalue weighted by Crippen LogP contribution is 2.31. The van der Waals surface area contributed by atoms with Crippen molar-refractivity contribution in [3.63, 3.8) is 0 Å². The Morgan fingerprint density at radius 3 is 2.48 bits per heavy atom. The van der Waals surface area contributed by atoms with Crippen LogP contribution in [0.4, 0.5) is 18.9 Å². The largest absolute Gasteiger partial charge is 0.416 e. The quantitative estimate of drug-likeness (QED) is 0.802. The first kappa shape index (κ1) is 15.6. The van der Waals surface area contributed by atoms with Gasteiger partial charge in [-0.3, -0.25) is 4.79 Å². The van der Waals surface area contributed by atoms with Crippen molar-refractivity contribution in [3.8, 4) is 0 Å². The van der Waals surface area contributed by atoms with Gasteiger partial charge in [-0.25, -0.2) is 0 Å². The summed E-state index contributed by atoms with van der Waals surface area (Å²) in [6.45, 7) is 1.76. The summed E-state index contributed by atoms with van der Waals surface area (Å²) in [4.78, 5) is 12.1. The van der Waals surface area contributed by atoms with E-state index in [-0.39, 0.29) is 5.69 Å². The topological polar surface area (TPSA) is 29.1 Å². The number of anilines is 1. The van der Waals surface area contributed by atoms with Crippen LogP contribution in [0.25, 0.3) is 0 Å². The van der Waals surface area contributed by atoms with Crippen molar-refractivity contribution in [2.45, 2.75) is 13.1 Å². The van der Waals surface area contributed by atoms with E-state index in [2.05, 4.69) is 21.2 Å². The molecule has 0 saturated heterocycles. The standard InChI is InChI=1S/C15H11BrF3NO/c1-9-12(6-3-7-13(9)16)14(21)20-11-5-2-4-10(8-11)15(17,18)19/h2-8H,1H3,(H,20,21). The summed E-state index contributed by atoms with van der Waals surface area (Å²) >= 11 is 3.31. The lowest BCUT2D eigenvalue weighted by molar-refractivity contribution is -0.137. The number of rotatable bonds is 2. The van der Waals surface area contributed by atoms with Crippen LogP contribution < -0.4 is 5.32 Å². The maximum Gasteiger partial charge on any atom is 0.416 e. The molecular weight excluding hydrogens is 347 g/mol. The normalized spacial score (nSPS) is 11.3. The second-order valence-electron chi connectivity index (χ2n) is 4.45. The molecule has 21 heavy (non-hydrogen) atoms. The molecule has 0 fully saturated rings. The van der Waals surface area contributed by atoms with Gasteiger partial charge in [-0.1, -0.05) is 28.1 Å². The molecular formula is C15H11BrF3NO. The van der Waals surface area contributed by atoms with E-state index < -0.39 is 17.6 Å². The second-order valence-corrected chi connectivity index (χ2v) is 5.30. The van der Waals surface area contributed by atoms with Gasteiger partial charge in [-0.2, -0.15) is 13.2 Å². The lowest BCUT2D eigenvalue weighted by Crippen LogP contribution is -2.14. The SMILES string of the molecule is Cc1c(Br)cccc1C(=O)Nc1cccc(C(F)(F)F)c1. The second kappa shape index (κ2) is 5.89. The Bertz CT molecular complexity index is 683. The molecule has 0 aliphatic rings. The molecule has 0 spiro atoms. The van der Waals surface area contributed by atoms with E-state index in [9.17, 15) is 18.0 Å². The number of hydrogen-bond acceptors (Lipinski definition) is 1. The Balaban J connectivity index is 2.26. The van der Waals surface area contributed by atoms with E-state index in [4.69, 9.17) is 0 Å². The fourth-order valence-electron chi connectivity index (χ4n) is 1.83. The lowest BCUT2D eigenvalue weighted by atomic mass is 10.1. The number of carbonyl (C=O) groups is 1. The van der Waals surface area contributed by atoms with Gasteiger partial charge >= 0.3 is 6.18 Å². The van der Waals surface area contributed by atoms with Gasteiger partial charge in [0.05, 0.1) is 5.56 Å². The molecule has 2 aromatic carbocycles. The van der Waals surface area contributed by atoms with Crippen LogP contribution in [0.15, 0.2) is 46.9 Å². The molecule has 2 rings (SSSR count). The molecule has 2 nitrogen and oxygen atoms in total. The number of hydrogen-bond donors (Lipinski definition) is 1. The fourth-order valence-corrected chi connectivity index (χ4v) is 2.19. The molecule has 1 N–H and O–H groups in total. The van der Waals surface area contributed by atoms with Gasteiger partial charge in [-0.15, -0.1) is 0 Å². The minimum absolute atomic E-state index is 0.106. The summed E-state index contributed by atoms with van der Waals surface area (Å²) in [5, 5.41) is 2.48. The van der Waals surface area contributed by atoms with E-state index >= 15 is 0 Å². The summed E-state index contributed by atoms with van der Waals surface area (Å²) in [6, 6.07) is 9.63. The Morgan fingerprint density at radius 2 is 1.81 bits per heavy atom. The first-order valence-electron chi connectivity index (χ1n) is 6.03. The Labute approximate surface area is 128 Å². The molecule has 0 aliphatic carbocycles. The number of halogens is 4. The predicted molar refractivity (Wildman–Crippen MR) is 78.3 cm³/mol. The molecule has 0 unspecified atom stereocenters. The Kier molecular flexibility index (Phi) is 4.37. The maximum atomic E-state index is 12.6. The average Bonchev–Trinajstić information content (AvgIpc) is 2.41. The third-order valence-electron chi connectivity index (χ3n) is 2.96. The molecule has 0 aromatic heterocycles. The number of benzene rings is 2. The molecule has 2 aromatic rings. The first-order valence-corrected chi connectivity index (χ1v) is 6.82. The molecule has 6 heteroatoms. The molecule has 0 bridgehead atoms. The highest BCUT2D eigenvalue weighted by atomic mass is 79.9. The summed E-state index contributed by atoms with van der Waals surface area (Å²) in [6.07, 6.45) is -4.44. The summed E-state index contributed by atoms with van der Waals surface area (Å²) in [5.74, 6) is -0.451. The van der Waals surface area contributed by atoms with Gasteiger partial charge in [0.2, 0.25) is 0 Å². The maximum absolute atomic E-state index is 12.6. The summed E-state index contributed by atoms with van der Waals surface area (Å²) in [5.41, 5.74) is 0.434. The van der Waals surface area contributed by atoms with Crippen molar-refractivity contribution in [2.75, 3.05) is 5.32 Å². The first-order chi connectivity index (χ1) is 9.79. The van der Waals surface area contributed by atoms with Gasteiger partial charge in [0, 0.05) is 15.7 Å². The van der Waals surface area contributed by atoms with Crippen LogP contribution in [0.2, 0.25) is 0 Å². The zero-order valence-corrected chi connectivity index (χ0v) is 12.5. The number of carbonyl (C=O) groups excluding carboxylic acids is 1. The van der Waals surface area contributed by atoms with Crippen LogP contribution in [0.3, 0.4) is 0 Å². The third kappa shape index (κ3) is 3.64. The van der Waals surface area contributed by atoms with Gasteiger partial charge in [0.25, 0.3) is 5.91 Å². The molecule has 0 aliphatic heterocycles. The number of amides is 1. The van der Waals surface area contributed by atoms with E-state index in [0.717, 1.165) is 22.2 Å². The Morgan fingerprint density at radius 1 is 1.14 bits per heavy atom. The lowest BCUT2D eigenvalue weighted by Gasteiger charge is -2.11. The van der Waals surface area contributed by atoms with Crippen molar-refractivity contribution in [2.24, 2.45) is 0 Å². The zero-order valence-electron chi connectivity index (χ0n) is 11.0. The molecule has 0 saturated carbocycles. The molecule has 110 valence electrons. The predicted octanol–water partition coefficient (Wildman–Crippen LogP) is 5.03. The van der Waals surface area contributed by atoms with E-state index in [1.54, 1.807) is 25.1 Å². The van der Waals surface area contributed by atoms with Crippen LogP contribution in [-0.4, -0.2) is 5.91 Å². The Hall–Kier alpha value is -1.82. The highest BCUT2D eigenvalue weighted by Gasteiger charge is 2.30. The van der Waals surface area contributed by atoms with E-state index in [0.29, 0.717) is 5.56 Å². The number of alkyl halides is 3. The molecule has 1 amide bonds. The van der Waals surface area contributed by atoms with Gasteiger partial charge in [0.1, 0.15) is 0 Å². The zero-order chi connectivity index (χ0) is 15.6. The summed E-state index contributed by atoms with van der Waals surface area (Å²) in [7, 11) is 0. The van der Waals surface area contributed by atoms with Crippen molar-refractivity contribution in [1.82, 2.24) is 0 Å². The highest BCUT2D eigenvalue weighted by molar-refractivity contribution is 9.10. The van der Waals surface area contributed by atoms with Crippen LogP contribution in [0.5, 0.6) is 0 Å². The summed E-state index contributed by atoms with van der Waals surface area (Å²) < 4.78 is 38.6. The van der Waals surface area contributed by atoms with Crippen molar-refractivity contribution < 1.29 is 18.0 Å². The van der Waals surface area contributed by atoms with Crippen LogP contribution in [0.1, 0.15) is 21.5 Å². The minimum atomic E-state index is -4.44. The monoisotopic (exact) mass is 357 g/mol.